The van der Waals surface area contributed by atoms with Crippen molar-refractivity contribution in [3.8, 4) is 0 Å². The van der Waals surface area contributed by atoms with Gasteiger partial charge in [0.1, 0.15) is 20.6 Å². The van der Waals surface area contributed by atoms with E-state index < -0.39 is 20.6 Å². The van der Waals surface area contributed by atoms with E-state index in [1.165, 1.54) is 18.2 Å². The minimum atomic E-state index is -4.54. The van der Waals surface area contributed by atoms with Gasteiger partial charge >= 0.3 is 5.63 Å². The van der Waals surface area contributed by atoms with Crippen LogP contribution in [0.5, 0.6) is 0 Å². The van der Waals surface area contributed by atoms with Crippen LogP contribution in [0.15, 0.2) is 62.3 Å². The highest BCUT2D eigenvalue weighted by Crippen LogP contribution is 2.22. The molecule has 1 radical (unpaired) electrons. The fraction of sp³-hybridized carbons (Fsp3) is 0.200. The number of hydrogen-bond donors (Lipinski definition) is 0. The number of aliphatic imine (C=N–C) groups is 1. The molecule has 0 spiro atoms. The first kappa shape index (κ1) is 19.8. The van der Waals surface area contributed by atoms with E-state index in [-0.39, 0.29) is 0 Å². The molecule has 0 unspecified atom stereocenters. The largest absolute Gasteiger partial charge is 0.744 e. The lowest BCUT2D eigenvalue weighted by atomic mass is 10.1. The van der Waals surface area contributed by atoms with Gasteiger partial charge < -0.3 is 13.9 Å². The number of allylic oxidation sites excluding steroid dienone is 4. The Morgan fingerprint density at radius 1 is 1.14 bits per heavy atom. The Bertz CT molecular complexity index is 1180. The normalized spacial score (nSPS) is 14.4. The second-order valence-electron chi connectivity index (χ2n) is 6.09. The number of hydrogen-bond acceptors (Lipinski definition) is 7. The van der Waals surface area contributed by atoms with Crippen molar-refractivity contribution in [2.75, 3.05) is 18.0 Å². The van der Waals surface area contributed by atoms with Crippen LogP contribution in [-0.4, -0.2) is 32.3 Å². The Morgan fingerprint density at radius 3 is 2.50 bits per heavy atom. The third kappa shape index (κ3) is 4.29. The lowest BCUT2D eigenvalue weighted by molar-refractivity contribution is 0.472. The summed E-state index contributed by atoms with van der Waals surface area (Å²) in [6.07, 6.45) is 6.63. The first-order chi connectivity index (χ1) is 13.3. The molecule has 0 bridgehead atoms. The van der Waals surface area contributed by atoms with Crippen LogP contribution in [0.1, 0.15) is 19.4 Å². The van der Waals surface area contributed by atoms with E-state index >= 15 is 0 Å². The van der Waals surface area contributed by atoms with E-state index in [1.54, 1.807) is 12.1 Å². The molecule has 1 aliphatic rings. The van der Waals surface area contributed by atoms with E-state index in [0.29, 0.717) is 16.8 Å². The molecular formula is C20H19N2O5S. The molecule has 0 atom stereocenters. The van der Waals surface area contributed by atoms with Gasteiger partial charge in [-0.25, -0.2) is 13.2 Å². The average Bonchev–Trinajstić information content (AvgIpc) is 2.67. The van der Waals surface area contributed by atoms with Gasteiger partial charge in [0.2, 0.25) is 0 Å². The molecule has 1 aromatic carbocycles. The van der Waals surface area contributed by atoms with Crippen LogP contribution in [-0.2, 0) is 10.1 Å². The van der Waals surface area contributed by atoms with Gasteiger partial charge in [-0.1, -0.05) is 0 Å². The van der Waals surface area contributed by atoms with Crippen LogP contribution in [0.3, 0.4) is 0 Å². The SMILES string of the molecule is CCN(CC)c1ccc2cc(C=CC3=CC=C(S(=O)(=O)[O-])C=[N+]3)c(=O)oc2c1. The van der Waals surface area contributed by atoms with Crippen molar-refractivity contribution in [2.24, 2.45) is 0 Å². The van der Waals surface area contributed by atoms with Crippen molar-refractivity contribution >= 4 is 39.1 Å². The Balaban J connectivity index is 1.90. The van der Waals surface area contributed by atoms with E-state index in [0.717, 1.165) is 30.4 Å². The Kier molecular flexibility index (Phi) is 5.62. The summed E-state index contributed by atoms with van der Waals surface area (Å²) in [7, 11) is -4.54. The summed E-state index contributed by atoms with van der Waals surface area (Å²) < 4.78 is 38.2. The van der Waals surface area contributed by atoms with Crippen molar-refractivity contribution in [1.82, 2.24) is 4.99 Å². The maximum Gasteiger partial charge on any atom is 0.343 e. The molecule has 1 aliphatic heterocycles. The standard InChI is InChI=1S/C20H20N2O5S/c1-3-22(4-2)17-9-6-14-11-15(20(23)27-19(14)12-17)5-7-16-8-10-18(13-21-16)28(24,25)26/h5-13H,3-4H2,1-2H3,(H,24,25,26)/q+1/p-1. The number of rotatable bonds is 6. The van der Waals surface area contributed by atoms with Crippen LogP contribution in [0.4, 0.5) is 5.69 Å². The summed E-state index contributed by atoms with van der Waals surface area (Å²) in [4.78, 5) is 17.9. The third-order valence-electron chi connectivity index (χ3n) is 4.36. The summed E-state index contributed by atoms with van der Waals surface area (Å²) in [5, 5.41) is 0.788. The molecule has 28 heavy (non-hydrogen) atoms. The zero-order valence-corrected chi connectivity index (χ0v) is 16.3. The van der Waals surface area contributed by atoms with E-state index in [4.69, 9.17) is 4.42 Å². The molecule has 2 heterocycles. The molecule has 0 saturated carbocycles. The summed E-state index contributed by atoms with van der Waals surface area (Å²) in [6, 6.07) is 7.45. The lowest BCUT2D eigenvalue weighted by Gasteiger charge is -2.20. The van der Waals surface area contributed by atoms with Crippen molar-refractivity contribution in [2.45, 2.75) is 13.8 Å². The molecule has 0 amide bonds. The number of fused-ring (bicyclic) bond motifs is 1. The lowest BCUT2D eigenvalue weighted by Crippen LogP contribution is -2.21. The number of anilines is 1. The minimum Gasteiger partial charge on any atom is -0.744 e. The van der Waals surface area contributed by atoms with Gasteiger partial charge in [0.05, 0.1) is 10.6 Å². The van der Waals surface area contributed by atoms with E-state index in [2.05, 4.69) is 23.7 Å². The topological polar surface area (TPSA) is 105 Å². The predicted molar refractivity (Wildman–Crippen MR) is 109 cm³/mol. The first-order valence-electron chi connectivity index (χ1n) is 8.74. The van der Waals surface area contributed by atoms with Crippen molar-refractivity contribution in [3.05, 3.63) is 69.1 Å². The average molecular weight is 399 g/mol. The van der Waals surface area contributed by atoms with Crippen molar-refractivity contribution < 1.29 is 17.4 Å². The summed E-state index contributed by atoms with van der Waals surface area (Å²) in [5.41, 5.74) is 1.75. The highest BCUT2D eigenvalue weighted by molar-refractivity contribution is 7.90. The maximum absolute atomic E-state index is 12.3. The van der Waals surface area contributed by atoms with Gasteiger partial charge in [-0.2, -0.15) is 0 Å². The summed E-state index contributed by atoms with van der Waals surface area (Å²) in [6.45, 7) is 5.83. The van der Waals surface area contributed by atoms with Gasteiger partial charge in [-0.05, 0) is 44.2 Å². The molecule has 3 rings (SSSR count). The molecule has 0 aliphatic carbocycles. The molecule has 2 aromatic rings. The molecule has 145 valence electrons. The van der Waals surface area contributed by atoms with Gasteiger partial charge in [0.15, 0.2) is 0 Å². The van der Waals surface area contributed by atoms with Crippen molar-refractivity contribution in [3.63, 3.8) is 0 Å². The van der Waals surface area contributed by atoms with Crippen molar-refractivity contribution in [1.29, 1.82) is 0 Å². The zero-order valence-electron chi connectivity index (χ0n) is 15.5. The first-order valence-corrected chi connectivity index (χ1v) is 10.2. The van der Waals surface area contributed by atoms with Gasteiger partial charge in [-0.3, -0.25) is 0 Å². The quantitative estimate of drug-likeness (QED) is 0.546. The number of nitrogens with zero attached hydrogens (tertiary/aromatic N) is 2. The Labute approximate surface area is 162 Å². The van der Waals surface area contributed by atoms with Crippen LogP contribution in [0.2, 0.25) is 0 Å². The zero-order chi connectivity index (χ0) is 20.3. The molecule has 0 saturated heterocycles. The summed E-state index contributed by atoms with van der Waals surface area (Å²) >= 11 is 0. The van der Waals surface area contributed by atoms with E-state index in [1.807, 2.05) is 18.2 Å². The Morgan fingerprint density at radius 2 is 1.89 bits per heavy atom. The fourth-order valence-electron chi connectivity index (χ4n) is 2.83. The van der Waals surface area contributed by atoms with Gasteiger partial charge in [0, 0.05) is 42.4 Å². The predicted octanol–water partition coefficient (Wildman–Crippen LogP) is 2.39. The Hall–Kier alpha value is -2.97. The molecule has 1 aromatic heterocycles. The van der Waals surface area contributed by atoms with E-state index in [9.17, 15) is 17.8 Å². The smallest absolute Gasteiger partial charge is 0.343 e. The van der Waals surface area contributed by atoms with Crippen LogP contribution >= 0.6 is 0 Å². The third-order valence-corrected chi connectivity index (χ3v) is 5.18. The van der Waals surface area contributed by atoms with Crippen LogP contribution < -0.4 is 15.5 Å². The van der Waals surface area contributed by atoms with Gasteiger partial charge in [-0.15, -0.1) is 0 Å². The maximum atomic E-state index is 12.3. The minimum absolute atomic E-state index is 0.338. The molecular weight excluding hydrogens is 380 g/mol. The highest BCUT2D eigenvalue weighted by atomic mass is 32.2. The molecule has 0 fully saturated rings. The fourth-order valence-corrected chi connectivity index (χ4v) is 3.25. The van der Waals surface area contributed by atoms with Crippen LogP contribution in [0.25, 0.3) is 17.0 Å². The second-order valence-corrected chi connectivity index (χ2v) is 7.47. The molecule has 7 nitrogen and oxygen atoms in total. The molecule has 0 N–H and O–H groups in total. The molecule has 8 heteroatoms. The monoisotopic (exact) mass is 399 g/mol. The van der Waals surface area contributed by atoms with Gasteiger partial charge in [0.25, 0.3) is 11.9 Å². The second kappa shape index (κ2) is 7.95. The number of benzene rings is 1. The summed E-state index contributed by atoms with van der Waals surface area (Å²) in [5.74, 6) is 0. The highest BCUT2D eigenvalue weighted by Gasteiger charge is 2.15. The van der Waals surface area contributed by atoms with Crippen LogP contribution in [0, 0.1) is 0 Å².